The first-order valence-electron chi connectivity index (χ1n) is 4.02. The number of hydrogen-bond donors (Lipinski definition) is 1. The number of hydrogen-bond acceptors (Lipinski definition) is 3. The van der Waals surface area contributed by atoms with Crippen molar-refractivity contribution >= 4 is 17.6 Å². The molecule has 0 atom stereocenters. The maximum absolute atomic E-state index is 12.7. The number of carboxylic acids is 1. The summed E-state index contributed by atoms with van der Waals surface area (Å²) >= 11 is 5.38. The summed E-state index contributed by atoms with van der Waals surface area (Å²) in [7, 11) is 0. The SMILES string of the molecule is N#Cc1c(C(=O)O)cnc(CCl)c1C(F)F. The molecule has 0 amide bonds. The second-order valence-corrected chi connectivity index (χ2v) is 3.03. The standard InChI is InChI=1S/C9H5ClF2N2O2/c10-1-6-7(8(11)12)4(2-13)5(3-14-6)9(15)16/h3,8H,1H2,(H,15,16). The Hall–Kier alpha value is -1.74. The maximum atomic E-state index is 12.7. The third-order valence-electron chi connectivity index (χ3n) is 1.89. The van der Waals surface area contributed by atoms with Crippen molar-refractivity contribution in [1.29, 1.82) is 5.26 Å². The highest BCUT2D eigenvalue weighted by molar-refractivity contribution is 6.17. The second kappa shape index (κ2) is 4.86. The van der Waals surface area contributed by atoms with E-state index >= 15 is 0 Å². The average Bonchev–Trinajstić information content (AvgIpc) is 2.26. The van der Waals surface area contributed by atoms with Crippen LogP contribution >= 0.6 is 11.6 Å². The van der Waals surface area contributed by atoms with Crippen LogP contribution in [0.5, 0.6) is 0 Å². The first-order valence-corrected chi connectivity index (χ1v) is 4.55. The number of alkyl halides is 3. The number of aromatic carboxylic acids is 1. The predicted octanol–water partition coefficient (Wildman–Crippen LogP) is 2.33. The molecule has 0 saturated carbocycles. The summed E-state index contributed by atoms with van der Waals surface area (Å²) in [6.07, 6.45) is -2.14. The van der Waals surface area contributed by atoms with Crippen LogP contribution in [0.4, 0.5) is 8.78 Å². The molecule has 0 radical (unpaired) electrons. The number of carbonyl (C=O) groups is 1. The minimum absolute atomic E-state index is 0.182. The Morgan fingerprint density at radius 3 is 2.69 bits per heavy atom. The van der Waals surface area contributed by atoms with Crippen LogP contribution in [0.3, 0.4) is 0 Å². The number of pyridine rings is 1. The summed E-state index contributed by atoms with van der Waals surface area (Å²) in [5.41, 5.74) is -2.03. The lowest BCUT2D eigenvalue weighted by molar-refractivity contribution is 0.0695. The molecule has 0 aliphatic carbocycles. The van der Waals surface area contributed by atoms with Gasteiger partial charge in [-0.1, -0.05) is 0 Å². The Morgan fingerprint density at radius 1 is 1.69 bits per heavy atom. The van der Waals surface area contributed by atoms with Crippen molar-refractivity contribution in [1.82, 2.24) is 4.98 Å². The predicted molar refractivity (Wildman–Crippen MR) is 50.4 cm³/mol. The van der Waals surface area contributed by atoms with Crippen molar-refractivity contribution in [3.63, 3.8) is 0 Å². The van der Waals surface area contributed by atoms with Crippen LogP contribution < -0.4 is 0 Å². The van der Waals surface area contributed by atoms with E-state index in [0.29, 0.717) is 0 Å². The Morgan fingerprint density at radius 2 is 2.31 bits per heavy atom. The van der Waals surface area contributed by atoms with Crippen LogP contribution in [0.1, 0.15) is 33.6 Å². The van der Waals surface area contributed by atoms with Crippen molar-refractivity contribution in [2.45, 2.75) is 12.3 Å². The van der Waals surface area contributed by atoms with Crippen LogP contribution in [0, 0.1) is 11.3 Å². The van der Waals surface area contributed by atoms with E-state index in [1.807, 2.05) is 0 Å². The molecule has 1 rings (SSSR count). The molecule has 1 heterocycles. The van der Waals surface area contributed by atoms with Crippen LogP contribution in [-0.2, 0) is 5.88 Å². The topological polar surface area (TPSA) is 74.0 Å². The number of aromatic nitrogens is 1. The van der Waals surface area contributed by atoms with Gasteiger partial charge in [-0.3, -0.25) is 4.98 Å². The van der Waals surface area contributed by atoms with E-state index in [9.17, 15) is 13.6 Å². The molecular weight excluding hydrogens is 242 g/mol. The summed E-state index contributed by atoms with van der Waals surface area (Å²) in [6, 6.07) is 1.44. The summed E-state index contributed by atoms with van der Waals surface area (Å²) in [5.74, 6) is -1.79. The molecular formula is C9H5ClF2N2O2. The maximum Gasteiger partial charge on any atom is 0.338 e. The molecule has 84 valence electrons. The molecule has 16 heavy (non-hydrogen) atoms. The van der Waals surface area contributed by atoms with Gasteiger partial charge in [0.1, 0.15) is 6.07 Å². The zero-order chi connectivity index (χ0) is 12.3. The molecule has 0 unspecified atom stereocenters. The molecule has 0 aliphatic rings. The van der Waals surface area contributed by atoms with Gasteiger partial charge in [-0.2, -0.15) is 5.26 Å². The van der Waals surface area contributed by atoms with E-state index in [-0.39, 0.29) is 11.6 Å². The van der Waals surface area contributed by atoms with Gasteiger partial charge in [-0.05, 0) is 0 Å². The molecule has 1 aromatic heterocycles. The van der Waals surface area contributed by atoms with Gasteiger partial charge in [0.2, 0.25) is 0 Å². The normalized spacial score (nSPS) is 10.2. The first-order chi connectivity index (χ1) is 7.52. The van der Waals surface area contributed by atoms with Crippen molar-refractivity contribution in [3.8, 4) is 6.07 Å². The third kappa shape index (κ3) is 2.09. The van der Waals surface area contributed by atoms with Gasteiger partial charge in [-0.25, -0.2) is 13.6 Å². The Balaban J connectivity index is 3.58. The summed E-state index contributed by atoms with van der Waals surface area (Å²) < 4.78 is 25.3. The van der Waals surface area contributed by atoms with E-state index in [4.69, 9.17) is 22.0 Å². The van der Waals surface area contributed by atoms with Gasteiger partial charge in [0.05, 0.1) is 28.3 Å². The van der Waals surface area contributed by atoms with Crippen LogP contribution in [-0.4, -0.2) is 16.1 Å². The lowest BCUT2D eigenvalue weighted by Crippen LogP contribution is -2.08. The van der Waals surface area contributed by atoms with Crippen LogP contribution in [0.2, 0.25) is 0 Å². The van der Waals surface area contributed by atoms with Crippen molar-refractivity contribution in [2.24, 2.45) is 0 Å². The molecule has 1 aromatic rings. The first kappa shape index (κ1) is 12.3. The molecule has 4 nitrogen and oxygen atoms in total. The summed E-state index contributed by atoms with van der Waals surface area (Å²) in [5, 5.41) is 17.4. The van der Waals surface area contributed by atoms with Crippen LogP contribution in [0.25, 0.3) is 0 Å². The number of halogens is 3. The molecule has 0 aliphatic heterocycles. The fourth-order valence-corrected chi connectivity index (χ4v) is 1.40. The Kier molecular flexibility index (Phi) is 3.74. The van der Waals surface area contributed by atoms with E-state index in [1.165, 1.54) is 6.07 Å². The zero-order valence-corrected chi connectivity index (χ0v) is 8.50. The van der Waals surface area contributed by atoms with Gasteiger partial charge in [-0.15, -0.1) is 11.6 Å². The monoisotopic (exact) mass is 246 g/mol. The number of rotatable bonds is 3. The van der Waals surface area contributed by atoms with E-state index in [1.54, 1.807) is 0 Å². The third-order valence-corrected chi connectivity index (χ3v) is 2.14. The Labute approximate surface area is 94.1 Å². The minimum atomic E-state index is -2.99. The lowest BCUT2D eigenvalue weighted by atomic mass is 10.0. The lowest BCUT2D eigenvalue weighted by Gasteiger charge is -2.09. The van der Waals surface area contributed by atoms with Gasteiger partial charge in [0, 0.05) is 6.20 Å². The molecule has 0 spiro atoms. The number of nitriles is 1. The van der Waals surface area contributed by atoms with E-state index in [2.05, 4.69) is 4.98 Å². The van der Waals surface area contributed by atoms with Crippen molar-refractivity contribution in [2.75, 3.05) is 0 Å². The second-order valence-electron chi connectivity index (χ2n) is 2.76. The zero-order valence-electron chi connectivity index (χ0n) is 7.75. The van der Waals surface area contributed by atoms with Gasteiger partial charge < -0.3 is 5.11 Å². The molecule has 0 saturated heterocycles. The molecule has 1 N–H and O–H groups in total. The molecule has 0 aromatic carbocycles. The fraction of sp³-hybridized carbons (Fsp3) is 0.222. The van der Waals surface area contributed by atoms with E-state index in [0.717, 1.165) is 6.20 Å². The highest BCUT2D eigenvalue weighted by Gasteiger charge is 2.24. The molecule has 0 fully saturated rings. The minimum Gasteiger partial charge on any atom is -0.478 e. The number of nitrogens with zero attached hydrogens (tertiary/aromatic N) is 2. The smallest absolute Gasteiger partial charge is 0.338 e. The van der Waals surface area contributed by atoms with Gasteiger partial charge >= 0.3 is 5.97 Å². The molecule has 7 heteroatoms. The quantitative estimate of drug-likeness (QED) is 0.831. The van der Waals surface area contributed by atoms with Gasteiger partial charge in [0.15, 0.2) is 0 Å². The summed E-state index contributed by atoms with van der Waals surface area (Å²) in [6.45, 7) is 0. The van der Waals surface area contributed by atoms with Gasteiger partial charge in [0.25, 0.3) is 6.43 Å². The summed E-state index contributed by atoms with van der Waals surface area (Å²) in [4.78, 5) is 14.2. The van der Waals surface area contributed by atoms with Crippen molar-refractivity contribution < 1.29 is 18.7 Å². The van der Waals surface area contributed by atoms with Crippen molar-refractivity contribution in [3.05, 3.63) is 28.6 Å². The number of carboxylic acid groups (broad SMARTS) is 1. The fourth-order valence-electron chi connectivity index (χ4n) is 1.19. The highest BCUT2D eigenvalue weighted by atomic mass is 35.5. The average molecular weight is 247 g/mol. The Bertz CT molecular complexity index is 471. The molecule has 0 bridgehead atoms. The highest BCUT2D eigenvalue weighted by Crippen LogP contribution is 2.28. The van der Waals surface area contributed by atoms with Crippen LogP contribution in [0.15, 0.2) is 6.20 Å². The van der Waals surface area contributed by atoms with E-state index < -0.39 is 29.1 Å². The largest absolute Gasteiger partial charge is 0.478 e.